The molecule has 7 rings (SSSR count). The first kappa shape index (κ1) is 40.2. The second kappa shape index (κ2) is 14.4. The highest BCUT2D eigenvalue weighted by molar-refractivity contribution is 6.09. The molecule has 0 aliphatic carbocycles. The Morgan fingerprint density at radius 3 is 1.91 bits per heavy atom. The first-order chi connectivity index (χ1) is 26.6. The molecule has 0 unspecified atom stereocenters. The maximum Gasteiger partial charge on any atom is 0.137 e. The van der Waals surface area contributed by atoms with Crippen molar-refractivity contribution < 1.29 is 4.74 Å². The lowest BCUT2D eigenvalue weighted by atomic mass is 9.84. The van der Waals surface area contributed by atoms with Crippen LogP contribution in [0.15, 0.2) is 109 Å². The van der Waals surface area contributed by atoms with Crippen molar-refractivity contribution in [3.05, 3.63) is 131 Å². The third-order valence-corrected chi connectivity index (χ3v) is 11.2. The molecule has 6 aromatic rings. The first-order valence-electron chi connectivity index (χ1n) is 20.8. The summed E-state index contributed by atoms with van der Waals surface area (Å²) in [7, 11) is 0. The largest absolute Gasteiger partial charge is 0.457 e. The molecule has 1 aliphatic heterocycles. The van der Waals surface area contributed by atoms with Gasteiger partial charge in [0.05, 0.1) is 17.7 Å². The molecule has 0 N–H and O–H groups in total. The van der Waals surface area contributed by atoms with Crippen molar-refractivity contribution in [1.82, 2.24) is 9.55 Å². The van der Waals surface area contributed by atoms with Crippen LogP contribution in [0.4, 0.5) is 11.4 Å². The van der Waals surface area contributed by atoms with Gasteiger partial charge in [-0.2, -0.15) is 0 Å². The van der Waals surface area contributed by atoms with Crippen molar-refractivity contribution in [2.45, 2.75) is 120 Å². The molecule has 0 saturated heterocycles. The van der Waals surface area contributed by atoms with Gasteiger partial charge in [-0.05, 0) is 105 Å². The molecule has 5 heteroatoms. The fraction of sp³-hybridized carbons (Fsp3) is 0.404. The average Bonchev–Trinajstić information content (AvgIpc) is 3.71. The van der Waals surface area contributed by atoms with Gasteiger partial charge in [0.2, 0.25) is 0 Å². The molecule has 0 saturated carbocycles. The Labute approximate surface area is 342 Å². The first-order valence-corrected chi connectivity index (χ1v) is 20.8. The van der Waals surface area contributed by atoms with E-state index in [-0.39, 0.29) is 21.7 Å². The Balaban J connectivity index is 1.31. The number of benzene rings is 4. The van der Waals surface area contributed by atoms with Gasteiger partial charge in [-0.25, -0.2) is 4.98 Å². The number of anilines is 2. The van der Waals surface area contributed by atoms with Crippen molar-refractivity contribution in [2.75, 3.05) is 16.5 Å². The number of allylic oxidation sites excluding steroid dienone is 1. The predicted molar refractivity (Wildman–Crippen MR) is 244 cm³/mol. The number of ether oxygens (including phenoxy) is 1. The zero-order valence-corrected chi connectivity index (χ0v) is 37.0. The van der Waals surface area contributed by atoms with E-state index in [0.717, 1.165) is 47.1 Å². The second-order valence-electron chi connectivity index (χ2n) is 20.8. The summed E-state index contributed by atoms with van der Waals surface area (Å²) in [6, 6.07) is 33.5. The van der Waals surface area contributed by atoms with Crippen molar-refractivity contribution in [3.8, 4) is 17.3 Å². The van der Waals surface area contributed by atoms with Crippen molar-refractivity contribution in [1.29, 1.82) is 0 Å². The van der Waals surface area contributed by atoms with Gasteiger partial charge in [0, 0.05) is 57.8 Å². The van der Waals surface area contributed by atoms with E-state index in [1.807, 2.05) is 6.20 Å². The zero-order chi connectivity index (χ0) is 41.2. The third kappa shape index (κ3) is 8.35. The van der Waals surface area contributed by atoms with Gasteiger partial charge in [0.25, 0.3) is 0 Å². The quantitative estimate of drug-likeness (QED) is 0.162. The number of aromatic nitrogens is 2. The molecule has 2 aromatic heterocycles. The summed E-state index contributed by atoms with van der Waals surface area (Å²) in [5.41, 5.74) is 11.0. The highest BCUT2D eigenvalue weighted by Gasteiger charge is 2.33. The van der Waals surface area contributed by atoms with E-state index >= 15 is 0 Å². The number of hydrogen-bond donors (Lipinski definition) is 0. The number of para-hydroxylation sites is 1. The lowest BCUT2D eigenvalue weighted by Gasteiger charge is -2.32. The number of hydrogen-bond acceptors (Lipinski definition) is 4. The SMILES string of the molecule is CC(C)Cc1cc(N2C=C(C(C)(C)C)N(c3cc(Oc4ccc5c6ccccc6n(-c6cc(C(C)(C)C)ccn6)c5c4)cc(C(C)(C)C)c3)C2)cc(C(C)(C)C)c1. The Morgan fingerprint density at radius 2 is 1.25 bits per heavy atom. The standard InChI is InChI=1S/C52H64N4O/c1-34(2)23-35-24-37(50(6,7)8)26-39(25-35)54-32-47(52(12,13)14)55(33-54)40-27-38(51(9,10)11)28-42(30-40)57-41-19-20-44-43-17-15-16-18-45(43)56(46(44)31-41)48-29-36(21-22-53-48)49(3,4)5/h15-22,24-32,34H,23,33H2,1-14H3. The van der Waals surface area contributed by atoms with E-state index in [2.05, 4.69) is 208 Å². The number of fused-ring (bicyclic) bond motifs is 3. The molecule has 0 radical (unpaired) electrons. The Hall–Kier alpha value is -5.03. The molecule has 4 aromatic carbocycles. The minimum Gasteiger partial charge on any atom is -0.457 e. The smallest absolute Gasteiger partial charge is 0.137 e. The third-order valence-electron chi connectivity index (χ3n) is 11.2. The van der Waals surface area contributed by atoms with Crippen LogP contribution >= 0.6 is 0 Å². The topological polar surface area (TPSA) is 33.5 Å². The van der Waals surface area contributed by atoms with Gasteiger partial charge in [0.15, 0.2) is 0 Å². The minimum atomic E-state index is -0.0912. The van der Waals surface area contributed by atoms with Gasteiger partial charge in [-0.3, -0.25) is 4.57 Å². The average molecular weight is 761 g/mol. The van der Waals surface area contributed by atoms with Crippen LogP contribution in [0.25, 0.3) is 27.6 Å². The van der Waals surface area contributed by atoms with Crippen LogP contribution in [0, 0.1) is 11.3 Å². The maximum atomic E-state index is 6.93. The van der Waals surface area contributed by atoms with E-state index in [4.69, 9.17) is 9.72 Å². The van der Waals surface area contributed by atoms with Crippen LogP contribution in [0.3, 0.4) is 0 Å². The molecule has 0 spiro atoms. The molecule has 298 valence electrons. The molecular formula is C52H64N4O. The lowest BCUT2D eigenvalue weighted by molar-refractivity contribution is 0.477. The summed E-state index contributed by atoms with van der Waals surface area (Å²) in [6.45, 7) is 32.8. The van der Waals surface area contributed by atoms with Crippen molar-refractivity contribution in [2.24, 2.45) is 11.3 Å². The van der Waals surface area contributed by atoms with Crippen LogP contribution in [0.2, 0.25) is 0 Å². The fourth-order valence-electron chi connectivity index (χ4n) is 7.96. The van der Waals surface area contributed by atoms with Crippen molar-refractivity contribution in [3.63, 3.8) is 0 Å². The molecule has 5 nitrogen and oxygen atoms in total. The van der Waals surface area contributed by atoms with Gasteiger partial charge in [0.1, 0.15) is 17.3 Å². The Kier molecular flexibility index (Phi) is 10.2. The molecule has 0 amide bonds. The van der Waals surface area contributed by atoms with Gasteiger partial charge >= 0.3 is 0 Å². The summed E-state index contributed by atoms with van der Waals surface area (Å²) >= 11 is 0. The summed E-state index contributed by atoms with van der Waals surface area (Å²) in [6.07, 6.45) is 5.37. The zero-order valence-electron chi connectivity index (χ0n) is 37.0. The highest BCUT2D eigenvalue weighted by atomic mass is 16.5. The van der Waals surface area contributed by atoms with E-state index in [9.17, 15) is 0 Å². The summed E-state index contributed by atoms with van der Waals surface area (Å²) < 4.78 is 9.21. The number of nitrogens with zero attached hydrogens (tertiary/aromatic N) is 4. The van der Waals surface area contributed by atoms with Crippen LogP contribution in [0.5, 0.6) is 11.5 Å². The van der Waals surface area contributed by atoms with Crippen LogP contribution in [-0.4, -0.2) is 16.2 Å². The van der Waals surface area contributed by atoms with Crippen LogP contribution in [0.1, 0.15) is 119 Å². The second-order valence-corrected chi connectivity index (χ2v) is 20.8. The normalized spacial score (nSPS) is 14.3. The van der Waals surface area contributed by atoms with E-state index < -0.39 is 0 Å². The molecule has 1 aliphatic rings. The van der Waals surface area contributed by atoms with Crippen molar-refractivity contribution >= 4 is 33.2 Å². The molecular weight excluding hydrogens is 697 g/mol. The van der Waals surface area contributed by atoms with Gasteiger partial charge < -0.3 is 14.5 Å². The fourth-order valence-corrected chi connectivity index (χ4v) is 7.96. The molecule has 57 heavy (non-hydrogen) atoms. The highest BCUT2D eigenvalue weighted by Crippen LogP contribution is 2.43. The minimum absolute atomic E-state index is 0.00206. The van der Waals surface area contributed by atoms with E-state index in [1.165, 1.54) is 44.4 Å². The lowest BCUT2D eigenvalue weighted by Crippen LogP contribution is -2.31. The van der Waals surface area contributed by atoms with Gasteiger partial charge in [-0.1, -0.05) is 121 Å². The molecule has 0 fully saturated rings. The van der Waals surface area contributed by atoms with Gasteiger partial charge in [-0.15, -0.1) is 0 Å². The van der Waals surface area contributed by atoms with Crippen LogP contribution < -0.4 is 14.5 Å². The Morgan fingerprint density at radius 1 is 0.596 bits per heavy atom. The Bertz CT molecular complexity index is 2470. The number of rotatable bonds is 7. The van der Waals surface area contributed by atoms with Crippen LogP contribution in [-0.2, 0) is 22.7 Å². The summed E-state index contributed by atoms with van der Waals surface area (Å²) in [5.74, 6) is 3.12. The molecule has 0 bridgehead atoms. The summed E-state index contributed by atoms with van der Waals surface area (Å²) in [4.78, 5) is 9.83. The monoisotopic (exact) mass is 761 g/mol. The summed E-state index contributed by atoms with van der Waals surface area (Å²) in [5, 5.41) is 2.37. The van der Waals surface area contributed by atoms with E-state index in [0.29, 0.717) is 5.92 Å². The maximum absolute atomic E-state index is 6.93. The van der Waals surface area contributed by atoms with E-state index in [1.54, 1.807) is 0 Å². The molecule has 0 atom stereocenters. The predicted octanol–water partition coefficient (Wildman–Crippen LogP) is 14.2. The number of pyridine rings is 1. The molecule has 3 heterocycles.